The number of halogens is 1. The molecule has 0 aromatic heterocycles. The molecule has 0 bridgehead atoms. The first-order valence-electron chi connectivity index (χ1n) is 11.2. The Morgan fingerprint density at radius 2 is 1.55 bits per heavy atom. The summed E-state index contributed by atoms with van der Waals surface area (Å²) in [6.45, 7) is 3.35. The number of amides is 1. The molecule has 0 aliphatic carbocycles. The maximum atomic E-state index is 12.3. The maximum absolute atomic E-state index is 12.3. The first-order valence-corrected chi connectivity index (χ1v) is 11.6. The third kappa shape index (κ3) is 8.62. The molecule has 1 N–H and O–H groups in total. The van der Waals surface area contributed by atoms with Crippen LogP contribution >= 0.6 is 11.6 Å². The van der Waals surface area contributed by atoms with E-state index >= 15 is 0 Å². The van der Waals surface area contributed by atoms with Crippen molar-refractivity contribution in [2.24, 2.45) is 5.10 Å². The second-order valence-corrected chi connectivity index (χ2v) is 8.05. The van der Waals surface area contributed by atoms with Gasteiger partial charge in [0, 0.05) is 10.6 Å². The number of hydrogen-bond donors (Lipinski definition) is 1. The molecule has 172 valence electrons. The summed E-state index contributed by atoms with van der Waals surface area (Å²) in [5.74, 6) is 1.23. The molecule has 3 rings (SSSR count). The summed E-state index contributed by atoms with van der Waals surface area (Å²) in [5.41, 5.74) is 4.93. The highest BCUT2D eigenvalue weighted by molar-refractivity contribution is 6.30. The van der Waals surface area contributed by atoms with E-state index in [0.717, 1.165) is 29.9 Å². The molecule has 5 nitrogen and oxygen atoms in total. The first kappa shape index (κ1) is 24.3. The maximum Gasteiger partial charge on any atom is 0.271 e. The van der Waals surface area contributed by atoms with Gasteiger partial charge in [0.25, 0.3) is 5.91 Å². The first-order chi connectivity index (χ1) is 16.1. The fourth-order valence-electron chi connectivity index (χ4n) is 3.05. The molecule has 0 radical (unpaired) electrons. The van der Waals surface area contributed by atoms with Gasteiger partial charge in [-0.1, -0.05) is 49.9 Å². The molecular formula is C27H29ClN2O3. The molecule has 0 saturated carbocycles. The summed E-state index contributed by atoms with van der Waals surface area (Å²) in [4.78, 5) is 12.3. The molecule has 0 aliphatic heterocycles. The van der Waals surface area contributed by atoms with Crippen LogP contribution in [0.1, 0.15) is 54.1 Å². The van der Waals surface area contributed by atoms with Crippen LogP contribution in [0.4, 0.5) is 0 Å². The van der Waals surface area contributed by atoms with Crippen molar-refractivity contribution >= 4 is 23.7 Å². The molecule has 6 heteroatoms. The van der Waals surface area contributed by atoms with Crippen molar-refractivity contribution in [3.8, 4) is 11.5 Å². The molecule has 0 spiro atoms. The number of ether oxygens (including phenoxy) is 2. The van der Waals surface area contributed by atoms with E-state index in [1.807, 2.05) is 48.5 Å². The number of hydrazone groups is 1. The fourth-order valence-corrected chi connectivity index (χ4v) is 3.17. The average molecular weight is 465 g/mol. The molecule has 1 amide bonds. The van der Waals surface area contributed by atoms with Gasteiger partial charge >= 0.3 is 0 Å². The number of nitrogens with one attached hydrogen (secondary N) is 1. The smallest absolute Gasteiger partial charge is 0.271 e. The zero-order valence-electron chi connectivity index (χ0n) is 18.8. The monoisotopic (exact) mass is 464 g/mol. The number of hydrogen-bond acceptors (Lipinski definition) is 4. The zero-order chi connectivity index (χ0) is 23.3. The topological polar surface area (TPSA) is 59.9 Å². The van der Waals surface area contributed by atoms with Crippen molar-refractivity contribution in [1.82, 2.24) is 5.43 Å². The molecule has 0 heterocycles. The van der Waals surface area contributed by atoms with Gasteiger partial charge in [0.2, 0.25) is 0 Å². The Bertz CT molecular complexity index is 1020. The van der Waals surface area contributed by atoms with Crippen LogP contribution in [0.2, 0.25) is 5.02 Å². The highest BCUT2D eigenvalue weighted by Gasteiger charge is 2.05. The van der Waals surface area contributed by atoms with Crippen molar-refractivity contribution in [2.45, 2.75) is 39.2 Å². The van der Waals surface area contributed by atoms with E-state index in [1.165, 1.54) is 19.3 Å². The van der Waals surface area contributed by atoms with E-state index in [1.54, 1.807) is 30.5 Å². The van der Waals surface area contributed by atoms with Crippen LogP contribution in [0.3, 0.4) is 0 Å². The van der Waals surface area contributed by atoms with E-state index in [-0.39, 0.29) is 5.91 Å². The highest BCUT2D eigenvalue weighted by atomic mass is 35.5. The molecule has 0 atom stereocenters. The lowest BCUT2D eigenvalue weighted by Crippen LogP contribution is -2.17. The Kier molecular flexibility index (Phi) is 9.80. The Balaban J connectivity index is 1.41. The van der Waals surface area contributed by atoms with E-state index < -0.39 is 0 Å². The van der Waals surface area contributed by atoms with Gasteiger partial charge in [-0.3, -0.25) is 4.79 Å². The Labute approximate surface area is 200 Å². The van der Waals surface area contributed by atoms with Crippen molar-refractivity contribution in [3.05, 3.63) is 94.5 Å². The van der Waals surface area contributed by atoms with Gasteiger partial charge < -0.3 is 9.47 Å². The summed E-state index contributed by atoms with van der Waals surface area (Å²) in [6.07, 6.45) is 6.33. The van der Waals surface area contributed by atoms with Gasteiger partial charge in [0.05, 0.1) is 12.8 Å². The van der Waals surface area contributed by atoms with Crippen LogP contribution in [0.5, 0.6) is 11.5 Å². The Morgan fingerprint density at radius 3 is 2.24 bits per heavy atom. The SMILES string of the molecule is CCCCCCOc1ccc(/C=N/NC(=O)c2ccc(OCc3ccc(Cl)cc3)cc2)cc1. The van der Waals surface area contributed by atoms with Crippen molar-refractivity contribution in [1.29, 1.82) is 0 Å². The molecule has 3 aromatic rings. The van der Waals surface area contributed by atoms with Crippen LogP contribution in [-0.4, -0.2) is 18.7 Å². The Hall–Kier alpha value is -3.31. The number of rotatable bonds is 12. The van der Waals surface area contributed by atoms with Gasteiger partial charge in [-0.05, 0) is 78.2 Å². The van der Waals surface area contributed by atoms with E-state index in [9.17, 15) is 4.79 Å². The summed E-state index contributed by atoms with van der Waals surface area (Å²) >= 11 is 5.89. The van der Waals surface area contributed by atoms with Crippen molar-refractivity contribution in [3.63, 3.8) is 0 Å². The lowest BCUT2D eigenvalue weighted by Gasteiger charge is -2.07. The molecular weight excluding hydrogens is 436 g/mol. The van der Waals surface area contributed by atoms with Gasteiger partial charge in [-0.2, -0.15) is 5.10 Å². The van der Waals surface area contributed by atoms with E-state index in [2.05, 4.69) is 17.5 Å². The molecule has 33 heavy (non-hydrogen) atoms. The quantitative estimate of drug-likeness (QED) is 0.185. The molecule has 3 aromatic carbocycles. The summed E-state index contributed by atoms with van der Waals surface area (Å²) in [6, 6.07) is 22.0. The minimum atomic E-state index is -0.289. The third-order valence-electron chi connectivity index (χ3n) is 4.96. The molecule has 0 saturated heterocycles. The van der Waals surface area contributed by atoms with E-state index in [0.29, 0.717) is 22.9 Å². The standard InChI is InChI=1S/C27H29ClN2O3/c1-2-3-4-5-18-32-25-14-8-21(9-15-25)19-29-30-27(31)23-10-16-26(17-11-23)33-20-22-6-12-24(28)13-7-22/h6-17,19H,2-5,18,20H2,1H3,(H,30,31)/b29-19+. The van der Waals surface area contributed by atoms with Crippen LogP contribution in [0.25, 0.3) is 0 Å². The number of unbranched alkanes of at least 4 members (excludes halogenated alkanes) is 3. The average Bonchev–Trinajstić information content (AvgIpc) is 2.85. The van der Waals surface area contributed by atoms with Gasteiger partial charge in [0.1, 0.15) is 18.1 Å². The minimum Gasteiger partial charge on any atom is -0.494 e. The van der Waals surface area contributed by atoms with Crippen LogP contribution in [-0.2, 0) is 6.61 Å². The number of nitrogens with zero attached hydrogens (tertiary/aromatic N) is 1. The minimum absolute atomic E-state index is 0.289. The predicted octanol–water partition coefficient (Wildman–Crippen LogP) is 6.64. The lowest BCUT2D eigenvalue weighted by atomic mass is 10.2. The molecule has 0 unspecified atom stereocenters. The summed E-state index contributed by atoms with van der Waals surface area (Å²) in [7, 11) is 0. The lowest BCUT2D eigenvalue weighted by molar-refractivity contribution is 0.0955. The van der Waals surface area contributed by atoms with Crippen molar-refractivity contribution < 1.29 is 14.3 Å². The van der Waals surface area contributed by atoms with Gasteiger partial charge in [-0.25, -0.2) is 5.43 Å². The number of benzene rings is 3. The number of carbonyl (C=O) groups is 1. The van der Waals surface area contributed by atoms with Gasteiger partial charge in [0.15, 0.2) is 0 Å². The van der Waals surface area contributed by atoms with Crippen molar-refractivity contribution in [2.75, 3.05) is 6.61 Å². The molecule has 0 fully saturated rings. The summed E-state index contributed by atoms with van der Waals surface area (Å²) < 4.78 is 11.5. The zero-order valence-corrected chi connectivity index (χ0v) is 19.6. The predicted molar refractivity (Wildman–Crippen MR) is 133 cm³/mol. The van der Waals surface area contributed by atoms with Crippen LogP contribution in [0.15, 0.2) is 77.9 Å². The van der Waals surface area contributed by atoms with Crippen LogP contribution in [0, 0.1) is 0 Å². The highest BCUT2D eigenvalue weighted by Crippen LogP contribution is 2.16. The van der Waals surface area contributed by atoms with E-state index in [4.69, 9.17) is 21.1 Å². The summed E-state index contributed by atoms with van der Waals surface area (Å²) in [5, 5.41) is 4.73. The van der Waals surface area contributed by atoms with Crippen LogP contribution < -0.4 is 14.9 Å². The molecule has 0 aliphatic rings. The van der Waals surface area contributed by atoms with Gasteiger partial charge in [-0.15, -0.1) is 0 Å². The third-order valence-corrected chi connectivity index (χ3v) is 5.21. The largest absolute Gasteiger partial charge is 0.494 e. The Morgan fingerprint density at radius 1 is 0.879 bits per heavy atom. The second-order valence-electron chi connectivity index (χ2n) is 7.62. The number of carbonyl (C=O) groups excluding carboxylic acids is 1. The fraction of sp³-hybridized carbons (Fsp3) is 0.259. The second kappa shape index (κ2) is 13.3. The normalized spacial score (nSPS) is 10.8.